The van der Waals surface area contributed by atoms with Gasteiger partial charge in [0.2, 0.25) is 0 Å². The van der Waals surface area contributed by atoms with Gasteiger partial charge in [-0.05, 0) is 114 Å². The van der Waals surface area contributed by atoms with Crippen LogP contribution >= 0.6 is 0 Å². The Kier molecular flexibility index (Phi) is 37.2. The molecule has 0 aliphatic carbocycles. The Morgan fingerprint density at radius 1 is 0.532 bits per heavy atom. The number of rotatable bonds is 12. The molecule has 0 saturated heterocycles. The van der Waals surface area contributed by atoms with Crippen LogP contribution in [0.3, 0.4) is 0 Å². The minimum absolute atomic E-state index is 0.609. The van der Waals surface area contributed by atoms with Gasteiger partial charge in [0.1, 0.15) is 0 Å². The Bertz CT molecular complexity index is 968. The maximum Gasteiger partial charge on any atom is -0.0216 e. The summed E-state index contributed by atoms with van der Waals surface area (Å²) in [7, 11) is 0. The lowest BCUT2D eigenvalue weighted by Gasteiger charge is -2.12. The first-order valence-electron chi connectivity index (χ1n) is 19.2. The SMILES string of the molecule is C/C=C(\C)C(C)C.C/C=C(\CC(C)C)C(C)C.C/C=C(\CC)C(C)C.C/C=C(\CCCC)C(C)C.C/C=C(\c1ccccc1)C(C)C. The van der Waals surface area contributed by atoms with Gasteiger partial charge in [0.05, 0.1) is 0 Å². The Hall–Kier alpha value is -2.08. The topological polar surface area (TPSA) is 0 Å². The predicted molar refractivity (Wildman–Crippen MR) is 224 cm³/mol. The second-order valence-electron chi connectivity index (χ2n) is 14.6. The molecule has 0 fully saturated rings. The van der Waals surface area contributed by atoms with E-state index in [4.69, 9.17) is 0 Å². The summed E-state index contributed by atoms with van der Waals surface area (Å²) in [4.78, 5) is 0. The molecule has 0 atom stereocenters. The summed E-state index contributed by atoms with van der Waals surface area (Å²) < 4.78 is 0. The number of hydrogen-bond donors (Lipinski definition) is 0. The molecule has 47 heavy (non-hydrogen) atoms. The van der Waals surface area contributed by atoms with E-state index in [1.165, 1.54) is 48.8 Å². The Balaban J connectivity index is -0.000000249. The zero-order valence-electron chi connectivity index (χ0n) is 35.8. The average Bonchev–Trinajstić information content (AvgIpc) is 3.01. The van der Waals surface area contributed by atoms with Crippen LogP contribution in [0.4, 0.5) is 0 Å². The van der Waals surface area contributed by atoms with E-state index in [1.807, 2.05) is 0 Å². The molecule has 0 N–H and O–H groups in total. The van der Waals surface area contributed by atoms with Gasteiger partial charge in [-0.3, -0.25) is 0 Å². The van der Waals surface area contributed by atoms with Crippen molar-refractivity contribution >= 4 is 5.57 Å². The smallest absolute Gasteiger partial charge is 0.0216 e. The van der Waals surface area contributed by atoms with E-state index < -0.39 is 0 Å². The van der Waals surface area contributed by atoms with Crippen LogP contribution in [0.5, 0.6) is 0 Å². The summed E-state index contributed by atoms with van der Waals surface area (Å²) in [6.07, 6.45) is 17.5. The third kappa shape index (κ3) is 31.0. The van der Waals surface area contributed by atoms with Crippen molar-refractivity contribution in [3.8, 4) is 0 Å². The molecule has 0 spiro atoms. The minimum atomic E-state index is 0.609. The molecule has 0 amide bonds. The fourth-order valence-corrected chi connectivity index (χ4v) is 5.05. The quantitative estimate of drug-likeness (QED) is 0.197. The summed E-state index contributed by atoms with van der Waals surface area (Å²) in [6, 6.07) is 10.5. The van der Waals surface area contributed by atoms with Gasteiger partial charge in [-0.2, -0.15) is 0 Å². The molecular formula is C47H86. The van der Waals surface area contributed by atoms with Crippen molar-refractivity contribution in [1.82, 2.24) is 0 Å². The summed E-state index contributed by atoms with van der Waals surface area (Å²) in [5, 5.41) is 0. The van der Waals surface area contributed by atoms with Gasteiger partial charge in [-0.15, -0.1) is 0 Å². The van der Waals surface area contributed by atoms with E-state index in [0.29, 0.717) is 5.92 Å². The molecule has 0 aromatic heterocycles. The Morgan fingerprint density at radius 3 is 1.17 bits per heavy atom. The molecule has 1 rings (SSSR count). The number of unbranched alkanes of at least 4 members (excludes halogenated alkanes) is 1. The second-order valence-corrected chi connectivity index (χ2v) is 14.6. The van der Waals surface area contributed by atoms with Gasteiger partial charge in [0.15, 0.2) is 0 Å². The Morgan fingerprint density at radius 2 is 0.979 bits per heavy atom. The van der Waals surface area contributed by atoms with Gasteiger partial charge >= 0.3 is 0 Å². The van der Waals surface area contributed by atoms with E-state index in [-0.39, 0.29) is 0 Å². The van der Waals surface area contributed by atoms with Crippen LogP contribution in [0.15, 0.2) is 83.0 Å². The van der Waals surface area contributed by atoms with Gasteiger partial charge < -0.3 is 0 Å². The predicted octanol–water partition coefficient (Wildman–Crippen LogP) is 16.8. The highest BCUT2D eigenvalue weighted by Gasteiger charge is 2.04. The fraction of sp³-hybridized carbons (Fsp3) is 0.660. The van der Waals surface area contributed by atoms with Gasteiger partial charge in [-0.25, -0.2) is 0 Å². The summed E-state index contributed by atoms with van der Waals surface area (Å²) in [5.74, 6) is 4.35. The average molecular weight is 651 g/mol. The molecular weight excluding hydrogens is 565 g/mol. The molecule has 0 bridgehead atoms. The summed E-state index contributed by atoms with van der Waals surface area (Å²) >= 11 is 0. The molecule has 0 aliphatic heterocycles. The molecule has 0 aliphatic rings. The van der Waals surface area contributed by atoms with Crippen LogP contribution in [0.2, 0.25) is 0 Å². The number of allylic oxidation sites excluding steroid dienone is 10. The third-order valence-electron chi connectivity index (χ3n) is 8.61. The van der Waals surface area contributed by atoms with Crippen LogP contribution in [0, 0.1) is 35.5 Å². The van der Waals surface area contributed by atoms with E-state index in [0.717, 1.165) is 29.6 Å². The highest BCUT2D eigenvalue weighted by molar-refractivity contribution is 5.66. The molecule has 0 heterocycles. The monoisotopic (exact) mass is 651 g/mol. The van der Waals surface area contributed by atoms with Crippen molar-refractivity contribution < 1.29 is 0 Å². The third-order valence-corrected chi connectivity index (χ3v) is 8.61. The lowest BCUT2D eigenvalue weighted by molar-refractivity contribution is 0.586. The zero-order valence-corrected chi connectivity index (χ0v) is 35.8. The van der Waals surface area contributed by atoms with Crippen molar-refractivity contribution in [3.05, 3.63) is 88.6 Å². The molecule has 0 saturated carbocycles. The molecule has 0 heteroatoms. The number of benzene rings is 1. The summed E-state index contributed by atoms with van der Waals surface area (Å²) in [6.45, 7) is 44.1. The van der Waals surface area contributed by atoms with E-state index >= 15 is 0 Å². The number of hydrogen-bond acceptors (Lipinski definition) is 0. The lowest BCUT2D eigenvalue weighted by Crippen LogP contribution is -1.98. The highest BCUT2D eigenvalue weighted by Crippen LogP contribution is 2.22. The standard InChI is InChI=1S/C12H16.2C10H20.C8H16.C7H14/c1-4-12(10(2)3)11-8-6-5-7-9-11;1-6-10(9(4)5)7-8(2)3;1-5-7-8-10(6-2)9(3)4;1-5-8(6-2)7(3)4;1-5-7(4)6(2)3/h4-10H,1-3H3;6,8-9H,7H2,1-5H3;6,9H,5,7-8H2,1-4H3;5,7H,6H2,1-4H3;5-6H,1-4H3/b12-4-;2*10-6+;8-5+;7-5+. The van der Waals surface area contributed by atoms with Gasteiger partial charge in [0, 0.05) is 0 Å². The van der Waals surface area contributed by atoms with Crippen LogP contribution < -0.4 is 0 Å². The second kappa shape index (κ2) is 33.8. The molecule has 1 aromatic rings. The largest absolute Gasteiger partial charge is 0.0885 e. The van der Waals surface area contributed by atoms with Crippen LogP contribution in [0.1, 0.15) is 176 Å². The summed E-state index contributed by atoms with van der Waals surface area (Å²) in [5.41, 5.74) is 9.01. The van der Waals surface area contributed by atoms with Crippen LogP contribution in [0.25, 0.3) is 5.57 Å². The van der Waals surface area contributed by atoms with Crippen LogP contribution in [-0.2, 0) is 0 Å². The molecule has 274 valence electrons. The van der Waals surface area contributed by atoms with E-state index in [9.17, 15) is 0 Å². The highest BCUT2D eigenvalue weighted by atomic mass is 14.1. The van der Waals surface area contributed by atoms with Crippen molar-refractivity contribution in [2.75, 3.05) is 0 Å². The van der Waals surface area contributed by atoms with E-state index in [2.05, 4.69) is 199 Å². The molecule has 0 radical (unpaired) electrons. The molecule has 0 nitrogen and oxygen atoms in total. The molecule has 1 aromatic carbocycles. The first kappa shape index (κ1) is 51.7. The van der Waals surface area contributed by atoms with Crippen molar-refractivity contribution in [2.24, 2.45) is 35.5 Å². The van der Waals surface area contributed by atoms with Gasteiger partial charge in [-0.1, -0.05) is 186 Å². The first-order valence-corrected chi connectivity index (χ1v) is 19.2. The first-order chi connectivity index (χ1) is 21.9. The maximum absolute atomic E-state index is 2.27. The zero-order chi connectivity index (χ0) is 37.5. The van der Waals surface area contributed by atoms with Crippen LogP contribution in [-0.4, -0.2) is 0 Å². The fourth-order valence-electron chi connectivity index (χ4n) is 5.05. The Labute approximate surface area is 299 Å². The van der Waals surface area contributed by atoms with Crippen molar-refractivity contribution in [3.63, 3.8) is 0 Å². The maximum atomic E-state index is 2.27. The van der Waals surface area contributed by atoms with E-state index in [1.54, 1.807) is 16.7 Å². The normalized spacial score (nSPS) is 12.8. The van der Waals surface area contributed by atoms with Gasteiger partial charge in [0.25, 0.3) is 0 Å². The van der Waals surface area contributed by atoms with Crippen molar-refractivity contribution in [1.29, 1.82) is 0 Å². The minimum Gasteiger partial charge on any atom is -0.0885 e. The van der Waals surface area contributed by atoms with Crippen molar-refractivity contribution in [2.45, 2.75) is 171 Å². The lowest BCUT2D eigenvalue weighted by atomic mass is 9.94. The molecule has 0 unspecified atom stereocenters.